The monoisotopic (exact) mass is 490 g/mol. The maximum absolute atomic E-state index is 6.08. The van der Waals surface area contributed by atoms with Gasteiger partial charge in [0.2, 0.25) is 0 Å². The van der Waals surface area contributed by atoms with E-state index in [-0.39, 0.29) is 29.4 Å². The molecule has 5 nitrogen and oxygen atoms in total. The van der Waals surface area contributed by atoms with Gasteiger partial charge in [-0.15, -0.1) is 24.0 Å². The molecule has 4 atom stereocenters. The van der Waals surface area contributed by atoms with Crippen LogP contribution in [0.15, 0.2) is 4.99 Å². The van der Waals surface area contributed by atoms with E-state index in [1.165, 1.54) is 58.3 Å². The van der Waals surface area contributed by atoms with Crippen molar-refractivity contribution in [3.05, 3.63) is 0 Å². The first kappa shape index (κ1) is 21.6. The summed E-state index contributed by atoms with van der Waals surface area (Å²) in [5.74, 6) is 2.61. The highest BCUT2D eigenvalue weighted by Gasteiger charge is 2.58. The van der Waals surface area contributed by atoms with Gasteiger partial charge in [0.15, 0.2) is 5.96 Å². The fourth-order valence-corrected chi connectivity index (χ4v) is 5.85. The second-order valence-electron chi connectivity index (χ2n) is 9.45. The van der Waals surface area contributed by atoms with Crippen molar-refractivity contribution in [3.8, 4) is 0 Å². The molecule has 0 amide bonds. The van der Waals surface area contributed by atoms with E-state index in [0.717, 1.165) is 31.6 Å². The normalized spacial score (nSPS) is 36.1. The molecule has 0 spiro atoms. The lowest BCUT2D eigenvalue weighted by Gasteiger charge is -2.60. The summed E-state index contributed by atoms with van der Waals surface area (Å²) in [5.41, 5.74) is 0.203. The van der Waals surface area contributed by atoms with Crippen LogP contribution in [0.2, 0.25) is 0 Å². The van der Waals surface area contributed by atoms with Crippen molar-refractivity contribution in [1.82, 2.24) is 15.1 Å². The Morgan fingerprint density at radius 2 is 1.93 bits per heavy atom. The van der Waals surface area contributed by atoms with Crippen molar-refractivity contribution in [1.29, 1.82) is 0 Å². The molecule has 1 N–H and O–H groups in total. The molecule has 156 valence electrons. The summed E-state index contributed by atoms with van der Waals surface area (Å²) in [7, 11) is 0. The van der Waals surface area contributed by atoms with Crippen LogP contribution in [0.4, 0.5) is 0 Å². The van der Waals surface area contributed by atoms with Gasteiger partial charge in [-0.3, -0.25) is 4.99 Å². The predicted molar refractivity (Wildman–Crippen MR) is 122 cm³/mol. The Kier molecular flexibility index (Phi) is 7.34. The summed E-state index contributed by atoms with van der Waals surface area (Å²) in [4.78, 5) is 10.1. The molecular weight excluding hydrogens is 451 g/mol. The minimum Gasteiger partial charge on any atom is -0.377 e. The minimum absolute atomic E-state index is 0. The lowest BCUT2D eigenvalue weighted by Crippen LogP contribution is -2.71. The number of fused-ring (bicyclic) bond motifs is 1. The number of likely N-dealkylation sites (tertiary alicyclic amines) is 2. The number of hydrogen-bond acceptors (Lipinski definition) is 3. The molecule has 4 aliphatic rings. The first-order chi connectivity index (χ1) is 12.6. The Morgan fingerprint density at radius 1 is 1.15 bits per heavy atom. The molecule has 0 bridgehead atoms. The Labute approximate surface area is 182 Å². The summed E-state index contributed by atoms with van der Waals surface area (Å²) in [5, 5.41) is 3.88. The van der Waals surface area contributed by atoms with Gasteiger partial charge in [-0.25, -0.2) is 0 Å². The molecule has 0 aromatic carbocycles. The van der Waals surface area contributed by atoms with E-state index in [0.29, 0.717) is 18.1 Å². The number of ether oxygens (including phenoxy) is 1. The Hall–Kier alpha value is -0.0800. The first-order valence-electron chi connectivity index (χ1n) is 11.0. The highest BCUT2D eigenvalue weighted by molar-refractivity contribution is 14.0. The van der Waals surface area contributed by atoms with Crippen molar-refractivity contribution >= 4 is 29.9 Å². The summed E-state index contributed by atoms with van der Waals surface area (Å²) in [6.45, 7) is 14.9. The summed E-state index contributed by atoms with van der Waals surface area (Å²) < 4.78 is 6.08. The molecule has 0 aromatic heterocycles. The fraction of sp³-hybridized carbons (Fsp3) is 0.952. The van der Waals surface area contributed by atoms with E-state index in [4.69, 9.17) is 9.73 Å². The van der Waals surface area contributed by atoms with E-state index >= 15 is 0 Å². The Morgan fingerprint density at radius 3 is 2.67 bits per heavy atom. The topological polar surface area (TPSA) is 40.1 Å². The van der Waals surface area contributed by atoms with Gasteiger partial charge in [-0.05, 0) is 58.0 Å². The van der Waals surface area contributed by atoms with Crippen LogP contribution in [0, 0.1) is 17.3 Å². The van der Waals surface area contributed by atoms with Gasteiger partial charge in [-0.1, -0.05) is 13.8 Å². The second kappa shape index (κ2) is 9.16. The molecule has 0 aromatic rings. The number of halogens is 1. The van der Waals surface area contributed by atoms with Crippen LogP contribution in [0.25, 0.3) is 0 Å². The molecule has 27 heavy (non-hydrogen) atoms. The Bertz CT molecular complexity index is 520. The highest BCUT2D eigenvalue weighted by atomic mass is 127. The van der Waals surface area contributed by atoms with Crippen molar-refractivity contribution in [2.24, 2.45) is 22.2 Å². The zero-order chi connectivity index (χ0) is 18.1. The standard InChI is InChI=1S/C21H38N4O.HI/c1-4-22-20(23-18-17-8-7-13-26-19(17)21(18,2)3)25-12-9-16(15-25)14-24-10-5-6-11-24;/h16-19H,4-15H2,1-3H3,(H,22,23);1H. The number of nitrogens with zero attached hydrogens (tertiary/aromatic N) is 3. The molecule has 1 saturated carbocycles. The third-order valence-corrected chi connectivity index (χ3v) is 7.22. The molecule has 6 heteroatoms. The number of rotatable bonds is 4. The van der Waals surface area contributed by atoms with Gasteiger partial charge < -0.3 is 19.9 Å². The van der Waals surface area contributed by atoms with Crippen LogP contribution in [0.3, 0.4) is 0 Å². The van der Waals surface area contributed by atoms with E-state index in [9.17, 15) is 0 Å². The van der Waals surface area contributed by atoms with Crippen LogP contribution in [-0.2, 0) is 4.74 Å². The lowest BCUT2D eigenvalue weighted by atomic mass is 9.55. The third-order valence-electron chi connectivity index (χ3n) is 7.22. The summed E-state index contributed by atoms with van der Waals surface area (Å²) in [6.07, 6.45) is 7.02. The van der Waals surface area contributed by atoms with Crippen LogP contribution in [-0.4, -0.2) is 73.8 Å². The number of hydrogen-bond donors (Lipinski definition) is 1. The number of guanidine groups is 1. The smallest absolute Gasteiger partial charge is 0.194 e. The Balaban J connectivity index is 0.00000210. The predicted octanol–water partition coefficient (Wildman–Crippen LogP) is 3.19. The average molecular weight is 490 g/mol. The zero-order valence-electron chi connectivity index (χ0n) is 17.5. The summed E-state index contributed by atoms with van der Waals surface area (Å²) in [6, 6.07) is 0.496. The maximum atomic E-state index is 6.08. The van der Waals surface area contributed by atoms with Gasteiger partial charge in [0, 0.05) is 50.2 Å². The van der Waals surface area contributed by atoms with Gasteiger partial charge in [0.1, 0.15) is 0 Å². The van der Waals surface area contributed by atoms with Crippen molar-refractivity contribution < 1.29 is 4.74 Å². The molecule has 1 aliphatic carbocycles. The third kappa shape index (κ3) is 4.42. The van der Waals surface area contributed by atoms with Gasteiger partial charge in [0.05, 0.1) is 6.10 Å². The number of nitrogens with one attached hydrogen (secondary N) is 1. The fourth-order valence-electron chi connectivity index (χ4n) is 5.85. The van der Waals surface area contributed by atoms with E-state index < -0.39 is 0 Å². The molecule has 3 saturated heterocycles. The van der Waals surface area contributed by atoms with Gasteiger partial charge in [0.25, 0.3) is 0 Å². The molecule has 4 unspecified atom stereocenters. The van der Waals surface area contributed by atoms with Crippen molar-refractivity contribution in [3.63, 3.8) is 0 Å². The molecule has 4 fully saturated rings. The molecule has 0 radical (unpaired) electrons. The lowest BCUT2D eigenvalue weighted by molar-refractivity contribution is -0.188. The second-order valence-corrected chi connectivity index (χ2v) is 9.45. The van der Waals surface area contributed by atoms with Gasteiger partial charge >= 0.3 is 0 Å². The van der Waals surface area contributed by atoms with Crippen LogP contribution < -0.4 is 5.32 Å². The van der Waals surface area contributed by atoms with Crippen molar-refractivity contribution in [2.75, 3.05) is 45.9 Å². The van der Waals surface area contributed by atoms with Crippen LogP contribution in [0.1, 0.15) is 52.9 Å². The number of aliphatic imine (C=N–C) groups is 1. The highest BCUT2D eigenvalue weighted by Crippen LogP contribution is 2.51. The molecular formula is C21H39IN4O. The van der Waals surface area contributed by atoms with Gasteiger partial charge in [-0.2, -0.15) is 0 Å². The summed E-state index contributed by atoms with van der Waals surface area (Å²) >= 11 is 0. The maximum Gasteiger partial charge on any atom is 0.194 e. The van der Waals surface area contributed by atoms with Crippen molar-refractivity contribution in [2.45, 2.75) is 65.0 Å². The van der Waals surface area contributed by atoms with E-state index in [2.05, 4.69) is 35.9 Å². The molecule has 4 rings (SSSR count). The minimum atomic E-state index is 0. The first-order valence-corrected chi connectivity index (χ1v) is 11.0. The largest absolute Gasteiger partial charge is 0.377 e. The van der Waals surface area contributed by atoms with Crippen LogP contribution in [0.5, 0.6) is 0 Å². The van der Waals surface area contributed by atoms with Crippen LogP contribution >= 0.6 is 24.0 Å². The average Bonchev–Trinajstić information content (AvgIpc) is 3.31. The van der Waals surface area contributed by atoms with E-state index in [1.807, 2.05) is 0 Å². The van der Waals surface area contributed by atoms with E-state index in [1.54, 1.807) is 0 Å². The SMILES string of the molecule is CCN=C(NC1C2CCCOC2C1(C)C)N1CCC(CN2CCCC2)C1.I. The zero-order valence-corrected chi connectivity index (χ0v) is 19.8. The molecule has 3 heterocycles. The quantitative estimate of drug-likeness (QED) is 0.374. The molecule has 3 aliphatic heterocycles.